The van der Waals surface area contributed by atoms with Crippen LogP contribution in [0.2, 0.25) is 0 Å². The number of likely N-dealkylation sites (tertiary alicyclic amines) is 1. The third-order valence-electron chi connectivity index (χ3n) is 5.56. The van der Waals surface area contributed by atoms with Crippen LogP contribution >= 0.6 is 0 Å². The van der Waals surface area contributed by atoms with Crippen LogP contribution in [0.4, 0.5) is 0 Å². The quantitative estimate of drug-likeness (QED) is 0.819. The molecule has 1 saturated carbocycles. The number of hydrogen-bond acceptors (Lipinski definition) is 3. The van der Waals surface area contributed by atoms with E-state index in [1.807, 2.05) is 0 Å². The lowest BCUT2D eigenvalue weighted by molar-refractivity contribution is -0.107. The fourth-order valence-corrected chi connectivity index (χ4v) is 3.89. The van der Waals surface area contributed by atoms with E-state index < -0.39 is 11.0 Å². The minimum absolute atomic E-state index is 0.370. The normalized spacial score (nSPS) is 45.9. The van der Waals surface area contributed by atoms with Crippen molar-refractivity contribution in [2.24, 2.45) is 11.3 Å². The fourth-order valence-electron chi connectivity index (χ4n) is 3.89. The molecule has 0 aromatic heterocycles. The zero-order valence-electron chi connectivity index (χ0n) is 11.9. The van der Waals surface area contributed by atoms with Crippen molar-refractivity contribution in [3.05, 3.63) is 0 Å². The average Bonchev–Trinajstić information content (AvgIpc) is 2.80. The van der Waals surface area contributed by atoms with Gasteiger partial charge in [-0.2, -0.15) is 5.26 Å². The highest BCUT2D eigenvalue weighted by atomic mass is 16.3. The van der Waals surface area contributed by atoms with Crippen LogP contribution in [0.3, 0.4) is 0 Å². The Bertz CT molecular complexity index is 351. The van der Waals surface area contributed by atoms with Crippen molar-refractivity contribution in [1.82, 2.24) is 4.90 Å². The van der Waals surface area contributed by atoms with Crippen molar-refractivity contribution in [2.45, 2.75) is 64.0 Å². The number of aliphatic hydroxyl groups is 1. The second-order valence-corrected chi connectivity index (χ2v) is 6.53. The van der Waals surface area contributed by atoms with Gasteiger partial charge in [0.15, 0.2) is 0 Å². The molecule has 0 aromatic rings. The summed E-state index contributed by atoms with van der Waals surface area (Å²) in [7, 11) is 2.10. The summed E-state index contributed by atoms with van der Waals surface area (Å²) in [6, 6.07) is 2.89. The van der Waals surface area contributed by atoms with Gasteiger partial charge in [-0.3, -0.25) is 0 Å². The number of rotatable bonds is 2. The number of nitrogens with zero attached hydrogens (tertiary/aromatic N) is 2. The summed E-state index contributed by atoms with van der Waals surface area (Å²) in [6.07, 6.45) is 5.51. The molecule has 0 spiro atoms. The van der Waals surface area contributed by atoms with Crippen LogP contribution in [0.1, 0.15) is 52.4 Å². The largest absolute Gasteiger partial charge is 0.388 e. The Labute approximate surface area is 111 Å². The van der Waals surface area contributed by atoms with Crippen LogP contribution in [-0.2, 0) is 0 Å². The molecule has 0 amide bonds. The van der Waals surface area contributed by atoms with Crippen molar-refractivity contribution >= 4 is 0 Å². The summed E-state index contributed by atoms with van der Waals surface area (Å²) in [5, 5.41) is 20.7. The molecule has 0 radical (unpaired) electrons. The van der Waals surface area contributed by atoms with Gasteiger partial charge in [0, 0.05) is 12.6 Å². The Balaban J connectivity index is 2.20. The van der Waals surface area contributed by atoms with Crippen molar-refractivity contribution in [2.75, 3.05) is 13.6 Å². The van der Waals surface area contributed by atoms with Crippen LogP contribution in [-0.4, -0.2) is 35.2 Å². The molecule has 102 valence electrons. The molecule has 4 unspecified atom stereocenters. The average molecular weight is 250 g/mol. The van der Waals surface area contributed by atoms with Gasteiger partial charge in [-0.15, -0.1) is 0 Å². The molecule has 18 heavy (non-hydrogen) atoms. The Morgan fingerprint density at radius 3 is 2.61 bits per heavy atom. The summed E-state index contributed by atoms with van der Waals surface area (Å²) in [6.45, 7) is 5.25. The third-order valence-corrected chi connectivity index (χ3v) is 5.56. The smallest absolute Gasteiger partial charge is 0.0864 e. The van der Waals surface area contributed by atoms with Crippen molar-refractivity contribution in [3.8, 4) is 6.07 Å². The van der Waals surface area contributed by atoms with E-state index in [0.29, 0.717) is 12.0 Å². The zero-order valence-corrected chi connectivity index (χ0v) is 11.9. The summed E-state index contributed by atoms with van der Waals surface area (Å²) in [5.41, 5.74) is -1.25. The second kappa shape index (κ2) is 4.83. The molecule has 1 heterocycles. The van der Waals surface area contributed by atoms with Gasteiger partial charge in [0.1, 0.15) is 0 Å². The Morgan fingerprint density at radius 2 is 2.11 bits per heavy atom. The highest BCUT2D eigenvalue weighted by molar-refractivity contribution is 5.16. The lowest BCUT2D eigenvalue weighted by Gasteiger charge is -2.48. The molecule has 1 saturated heterocycles. The van der Waals surface area contributed by atoms with Gasteiger partial charge in [0.25, 0.3) is 0 Å². The molecule has 2 fully saturated rings. The molecule has 1 aliphatic heterocycles. The molecule has 0 aromatic carbocycles. The minimum atomic E-state index is -0.766. The molecular formula is C15H26N2O. The van der Waals surface area contributed by atoms with Gasteiger partial charge < -0.3 is 10.0 Å². The first-order valence-electron chi connectivity index (χ1n) is 7.30. The second-order valence-electron chi connectivity index (χ2n) is 6.53. The van der Waals surface area contributed by atoms with E-state index in [1.165, 1.54) is 0 Å². The van der Waals surface area contributed by atoms with Crippen LogP contribution in [0.15, 0.2) is 0 Å². The number of nitriles is 1. The van der Waals surface area contributed by atoms with Crippen LogP contribution in [0.5, 0.6) is 0 Å². The Morgan fingerprint density at radius 1 is 1.39 bits per heavy atom. The van der Waals surface area contributed by atoms with Gasteiger partial charge in [-0.05, 0) is 52.0 Å². The van der Waals surface area contributed by atoms with Gasteiger partial charge in [0.2, 0.25) is 0 Å². The monoisotopic (exact) mass is 250 g/mol. The maximum atomic E-state index is 11.1. The lowest BCUT2D eigenvalue weighted by atomic mass is 9.65. The van der Waals surface area contributed by atoms with Gasteiger partial charge in [0.05, 0.1) is 17.1 Å². The standard InChI is InChI=1S/C15H26N2O/c1-4-13-5-6-14(10-13,11-16)15(18)7-8-17(3)12(2)9-15/h12-13,18H,4-10H2,1-3H3. The van der Waals surface area contributed by atoms with E-state index in [0.717, 1.165) is 45.1 Å². The van der Waals surface area contributed by atoms with Gasteiger partial charge >= 0.3 is 0 Å². The summed E-state index contributed by atoms with van der Waals surface area (Å²) >= 11 is 0. The van der Waals surface area contributed by atoms with Crippen LogP contribution < -0.4 is 0 Å². The molecule has 2 rings (SSSR count). The van der Waals surface area contributed by atoms with Crippen LogP contribution in [0, 0.1) is 22.7 Å². The highest BCUT2D eigenvalue weighted by Crippen LogP contribution is 2.53. The topological polar surface area (TPSA) is 47.3 Å². The fraction of sp³-hybridized carbons (Fsp3) is 0.933. The molecule has 1 aliphatic carbocycles. The highest BCUT2D eigenvalue weighted by Gasteiger charge is 2.55. The van der Waals surface area contributed by atoms with E-state index in [1.54, 1.807) is 0 Å². The molecule has 3 nitrogen and oxygen atoms in total. The Hall–Kier alpha value is -0.590. The zero-order chi connectivity index (χ0) is 13.4. The van der Waals surface area contributed by atoms with Crippen LogP contribution in [0.25, 0.3) is 0 Å². The lowest BCUT2D eigenvalue weighted by Crippen LogP contribution is -2.55. The molecular weight excluding hydrogens is 224 g/mol. The first kappa shape index (κ1) is 13.8. The maximum Gasteiger partial charge on any atom is 0.0864 e. The maximum absolute atomic E-state index is 11.1. The molecule has 2 aliphatic rings. The first-order valence-corrected chi connectivity index (χ1v) is 7.30. The van der Waals surface area contributed by atoms with E-state index in [2.05, 4.69) is 31.9 Å². The van der Waals surface area contributed by atoms with Crippen molar-refractivity contribution in [3.63, 3.8) is 0 Å². The van der Waals surface area contributed by atoms with Gasteiger partial charge in [-0.1, -0.05) is 13.3 Å². The Kier molecular flexibility index (Phi) is 3.71. The van der Waals surface area contributed by atoms with Crippen molar-refractivity contribution in [1.29, 1.82) is 5.26 Å². The van der Waals surface area contributed by atoms with E-state index in [9.17, 15) is 10.4 Å². The molecule has 0 bridgehead atoms. The summed E-state index contributed by atoms with van der Waals surface area (Å²) in [5.74, 6) is 0.628. The first-order chi connectivity index (χ1) is 8.46. The minimum Gasteiger partial charge on any atom is -0.388 e. The third kappa shape index (κ3) is 2.06. The molecule has 1 N–H and O–H groups in total. The molecule has 4 atom stereocenters. The van der Waals surface area contributed by atoms with E-state index >= 15 is 0 Å². The summed E-state index contributed by atoms with van der Waals surface area (Å²) < 4.78 is 0. The van der Waals surface area contributed by atoms with Crippen molar-refractivity contribution < 1.29 is 5.11 Å². The van der Waals surface area contributed by atoms with Gasteiger partial charge in [-0.25, -0.2) is 0 Å². The SMILES string of the molecule is CCC1CCC(C#N)(C2(O)CCN(C)C(C)C2)C1. The predicted molar refractivity (Wildman–Crippen MR) is 72.0 cm³/mol. The number of piperidine rings is 1. The predicted octanol–water partition coefficient (Wildman–Crippen LogP) is 2.55. The molecule has 3 heteroatoms. The van der Waals surface area contributed by atoms with E-state index in [4.69, 9.17) is 0 Å². The van der Waals surface area contributed by atoms with E-state index in [-0.39, 0.29) is 0 Å². The summed E-state index contributed by atoms with van der Waals surface area (Å²) in [4.78, 5) is 2.28. The number of hydrogen-bond donors (Lipinski definition) is 1.